The maximum absolute atomic E-state index is 5.63. The average molecular weight is 191 g/mol. The third-order valence-corrected chi connectivity index (χ3v) is 2.95. The van der Waals surface area contributed by atoms with E-state index in [-0.39, 0.29) is 0 Å². The van der Waals surface area contributed by atoms with Crippen molar-refractivity contribution in [1.29, 1.82) is 0 Å². The van der Waals surface area contributed by atoms with Gasteiger partial charge in [0, 0.05) is 13.1 Å². The number of aromatic nitrogens is 1. The molecule has 0 aromatic carbocycles. The van der Waals surface area contributed by atoms with E-state index in [2.05, 4.69) is 9.88 Å². The molecule has 0 amide bonds. The second kappa shape index (κ2) is 2.60. The molecule has 2 saturated heterocycles. The second-order valence-electron chi connectivity index (χ2n) is 4.27. The molecule has 4 nitrogen and oxygen atoms in total. The topological polar surface area (TPSA) is 51.4 Å². The number of nitrogen functional groups attached to an aromatic ring is 1. The van der Waals surface area contributed by atoms with Crippen LogP contribution in [-0.2, 0) is 4.74 Å². The summed E-state index contributed by atoms with van der Waals surface area (Å²) in [5.74, 6) is 1.58. The Labute approximate surface area is 82.7 Å². The van der Waals surface area contributed by atoms with Gasteiger partial charge in [-0.15, -0.1) is 0 Å². The molecule has 0 unspecified atom stereocenters. The predicted molar refractivity (Wildman–Crippen MR) is 54.1 cm³/mol. The summed E-state index contributed by atoms with van der Waals surface area (Å²) in [6.45, 7) is 3.94. The second-order valence-corrected chi connectivity index (χ2v) is 4.27. The fraction of sp³-hybridized carbons (Fsp3) is 0.500. The zero-order valence-corrected chi connectivity index (χ0v) is 7.94. The van der Waals surface area contributed by atoms with Crippen LogP contribution in [0.5, 0.6) is 0 Å². The van der Waals surface area contributed by atoms with E-state index in [1.807, 2.05) is 18.2 Å². The van der Waals surface area contributed by atoms with Crippen LogP contribution < -0.4 is 10.6 Å². The van der Waals surface area contributed by atoms with Crippen LogP contribution in [0.25, 0.3) is 0 Å². The van der Waals surface area contributed by atoms with Crippen molar-refractivity contribution in [3.8, 4) is 0 Å². The normalized spacial score (nSPS) is 23.0. The largest absolute Gasteiger partial charge is 0.384 e. The van der Waals surface area contributed by atoms with Gasteiger partial charge in [0.25, 0.3) is 0 Å². The van der Waals surface area contributed by atoms with Gasteiger partial charge in [0.1, 0.15) is 11.6 Å². The quantitative estimate of drug-likeness (QED) is 0.702. The highest BCUT2D eigenvalue weighted by Gasteiger charge is 2.49. The minimum Gasteiger partial charge on any atom is -0.384 e. The van der Waals surface area contributed by atoms with Crippen molar-refractivity contribution in [2.45, 2.75) is 0 Å². The molecule has 1 spiro atoms. The first-order valence-corrected chi connectivity index (χ1v) is 4.83. The Hall–Kier alpha value is -1.29. The van der Waals surface area contributed by atoms with Gasteiger partial charge in [0.15, 0.2) is 0 Å². The molecule has 4 heteroatoms. The van der Waals surface area contributed by atoms with E-state index in [0.29, 0.717) is 11.2 Å². The van der Waals surface area contributed by atoms with Crippen LogP contribution in [0.3, 0.4) is 0 Å². The van der Waals surface area contributed by atoms with E-state index in [1.165, 1.54) is 0 Å². The summed E-state index contributed by atoms with van der Waals surface area (Å²) in [5.41, 5.74) is 6.06. The summed E-state index contributed by atoms with van der Waals surface area (Å²) in [5, 5.41) is 0. The Bertz CT molecular complexity index is 354. The third-order valence-electron chi connectivity index (χ3n) is 2.95. The van der Waals surface area contributed by atoms with Crippen molar-refractivity contribution in [3.63, 3.8) is 0 Å². The number of anilines is 2. The minimum atomic E-state index is 0.437. The van der Waals surface area contributed by atoms with E-state index < -0.39 is 0 Å². The smallest absolute Gasteiger partial charge is 0.130 e. The summed E-state index contributed by atoms with van der Waals surface area (Å²) in [6.07, 6.45) is 0. The highest BCUT2D eigenvalue weighted by atomic mass is 16.5. The van der Waals surface area contributed by atoms with E-state index in [0.717, 1.165) is 32.1 Å². The van der Waals surface area contributed by atoms with Crippen LogP contribution in [-0.4, -0.2) is 31.3 Å². The maximum Gasteiger partial charge on any atom is 0.130 e. The highest BCUT2D eigenvalue weighted by Crippen LogP contribution is 2.39. The van der Waals surface area contributed by atoms with Gasteiger partial charge in [-0.2, -0.15) is 0 Å². The van der Waals surface area contributed by atoms with Crippen LogP contribution in [0.4, 0.5) is 11.6 Å². The zero-order valence-electron chi connectivity index (χ0n) is 7.94. The molecule has 14 heavy (non-hydrogen) atoms. The van der Waals surface area contributed by atoms with Gasteiger partial charge in [0.05, 0.1) is 18.6 Å². The Morgan fingerprint density at radius 1 is 1.36 bits per heavy atom. The minimum absolute atomic E-state index is 0.437. The van der Waals surface area contributed by atoms with Gasteiger partial charge >= 0.3 is 0 Å². The molecule has 0 saturated carbocycles. The van der Waals surface area contributed by atoms with Gasteiger partial charge in [-0.05, 0) is 12.1 Å². The number of nitrogens with zero attached hydrogens (tertiary/aromatic N) is 2. The molecule has 74 valence electrons. The van der Waals surface area contributed by atoms with Crippen LogP contribution in [0, 0.1) is 5.41 Å². The molecule has 1 aromatic rings. The molecule has 3 rings (SSSR count). The van der Waals surface area contributed by atoms with Crippen LogP contribution in [0.2, 0.25) is 0 Å². The average Bonchev–Trinajstić information content (AvgIpc) is 1.98. The first-order chi connectivity index (χ1) is 6.77. The molecule has 1 aromatic heterocycles. The molecule has 0 bridgehead atoms. The van der Waals surface area contributed by atoms with Crippen molar-refractivity contribution in [2.75, 3.05) is 36.9 Å². The zero-order chi connectivity index (χ0) is 9.60. The Morgan fingerprint density at radius 3 is 2.71 bits per heavy atom. The van der Waals surface area contributed by atoms with Crippen molar-refractivity contribution < 1.29 is 4.74 Å². The van der Waals surface area contributed by atoms with Gasteiger partial charge in [-0.3, -0.25) is 0 Å². The lowest BCUT2D eigenvalue weighted by Crippen LogP contribution is -2.66. The van der Waals surface area contributed by atoms with Gasteiger partial charge in [-0.25, -0.2) is 4.98 Å². The summed E-state index contributed by atoms with van der Waals surface area (Å²) in [6, 6.07) is 5.76. The fourth-order valence-corrected chi connectivity index (χ4v) is 2.11. The summed E-state index contributed by atoms with van der Waals surface area (Å²) in [4.78, 5) is 6.53. The lowest BCUT2D eigenvalue weighted by atomic mass is 9.78. The Morgan fingerprint density at radius 2 is 2.14 bits per heavy atom. The number of hydrogen-bond donors (Lipinski definition) is 1. The number of nitrogens with two attached hydrogens (primary N) is 1. The van der Waals surface area contributed by atoms with E-state index in [9.17, 15) is 0 Å². The predicted octanol–water partition coefficient (Wildman–Crippen LogP) is 0.500. The molecule has 0 aliphatic carbocycles. The first kappa shape index (κ1) is 8.05. The molecule has 0 atom stereocenters. The molecule has 2 fully saturated rings. The van der Waals surface area contributed by atoms with E-state index in [1.54, 1.807) is 0 Å². The molecule has 2 N–H and O–H groups in total. The molecule has 2 aliphatic heterocycles. The monoisotopic (exact) mass is 191 g/mol. The highest BCUT2D eigenvalue weighted by molar-refractivity contribution is 5.48. The third kappa shape index (κ3) is 1.07. The SMILES string of the molecule is Nc1cccc(N2CC3(COC3)C2)n1. The summed E-state index contributed by atoms with van der Waals surface area (Å²) < 4.78 is 5.22. The van der Waals surface area contributed by atoms with Crippen molar-refractivity contribution in [3.05, 3.63) is 18.2 Å². The standard InChI is InChI=1S/C10H13N3O/c11-8-2-1-3-9(12-8)13-4-10(5-13)6-14-7-10/h1-3H,4-7H2,(H2,11,12). The molecule has 0 radical (unpaired) electrons. The number of pyridine rings is 1. The van der Waals surface area contributed by atoms with E-state index >= 15 is 0 Å². The number of hydrogen-bond acceptors (Lipinski definition) is 4. The Kier molecular flexibility index (Phi) is 1.50. The number of ether oxygens (including phenoxy) is 1. The fourth-order valence-electron chi connectivity index (χ4n) is 2.11. The molecular formula is C10H13N3O. The van der Waals surface area contributed by atoms with Crippen molar-refractivity contribution in [2.24, 2.45) is 5.41 Å². The van der Waals surface area contributed by atoms with E-state index in [4.69, 9.17) is 10.5 Å². The molecular weight excluding hydrogens is 178 g/mol. The van der Waals surface area contributed by atoms with Gasteiger partial charge < -0.3 is 15.4 Å². The van der Waals surface area contributed by atoms with Crippen LogP contribution in [0.15, 0.2) is 18.2 Å². The van der Waals surface area contributed by atoms with Gasteiger partial charge in [-0.1, -0.05) is 6.07 Å². The number of rotatable bonds is 1. The van der Waals surface area contributed by atoms with Gasteiger partial charge in [0.2, 0.25) is 0 Å². The van der Waals surface area contributed by atoms with Crippen molar-refractivity contribution in [1.82, 2.24) is 4.98 Å². The lowest BCUT2D eigenvalue weighted by molar-refractivity contribution is -0.127. The Balaban J connectivity index is 1.73. The van der Waals surface area contributed by atoms with Crippen LogP contribution >= 0.6 is 0 Å². The summed E-state index contributed by atoms with van der Waals surface area (Å²) in [7, 11) is 0. The first-order valence-electron chi connectivity index (χ1n) is 4.83. The molecule has 2 aliphatic rings. The van der Waals surface area contributed by atoms with Crippen LogP contribution in [0.1, 0.15) is 0 Å². The summed E-state index contributed by atoms with van der Waals surface area (Å²) >= 11 is 0. The lowest BCUT2D eigenvalue weighted by Gasteiger charge is -2.55. The van der Waals surface area contributed by atoms with Crippen molar-refractivity contribution >= 4 is 11.6 Å². The maximum atomic E-state index is 5.63. The molecule has 3 heterocycles.